The predicted octanol–water partition coefficient (Wildman–Crippen LogP) is 2.92. The number of hydrogen-bond acceptors (Lipinski definition) is 4. The summed E-state index contributed by atoms with van der Waals surface area (Å²) in [6, 6.07) is 11.9. The van der Waals surface area contributed by atoms with E-state index in [1.54, 1.807) is 55.1 Å². The average Bonchev–Trinajstić information content (AvgIpc) is 3.12. The first-order valence-electron chi connectivity index (χ1n) is 9.41. The molecule has 0 spiro atoms. The molecule has 30 heavy (non-hydrogen) atoms. The van der Waals surface area contributed by atoms with E-state index in [1.165, 1.54) is 12.1 Å². The zero-order valence-corrected chi connectivity index (χ0v) is 19.0. The number of benzene rings is 2. The van der Waals surface area contributed by atoms with Crippen molar-refractivity contribution in [1.82, 2.24) is 10.0 Å². The molecule has 8 nitrogen and oxygen atoms in total. The number of amides is 3. The lowest BCUT2D eigenvalue weighted by molar-refractivity contribution is -0.118. The lowest BCUT2D eigenvalue weighted by atomic mass is 10.0. The number of nitrogens with zero attached hydrogens (tertiary/aromatic N) is 1. The third-order valence-corrected chi connectivity index (χ3v) is 6.62. The maximum absolute atomic E-state index is 12.9. The van der Waals surface area contributed by atoms with Gasteiger partial charge in [0.2, 0.25) is 15.9 Å². The van der Waals surface area contributed by atoms with Crippen LogP contribution in [-0.4, -0.2) is 39.5 Å². The highest BCUT2D eigenvalue weighted by atomic mass is 79.9. The molecule has 2 aromatic rings. The molecule has 3 rings (SSSR count). The Bertz CT molecular complexity index is 1040. The van der Waals surface area contributed by atoms with Gasteiger partial charge in [-0.15, -0.1) is 0 Å². The molecule has 1 fully saturated rings. The van der Waals surface area contributed by atoms with Crippen molar-refractivity contribution in [2.24, 2.45) is 5.92 Å². The Kier molecular flexibility index (Phi) is 6.79. The van der Waals surface area contributed by atoms with Crippen molar-refractivity contribution in [3.8, 4) is 0 Å². The molecular formula is C20H23BrN4O4S. The van der Waals surface area contributed by atoms with Crippen LogP contribution in [0.15, 0.2) is 57.9 Å². The van der Waals surface area contributed by atoms with Crippen molar-refractivity contribution in [2.75, 3.05) is 23.3 Å². The van der Waals surface area contributed by atoms with Crippen LogP contribution >= 0.6 is 15.9 Å². The smallest absolute Gasteiger partial charge is 0.321 e. The summed E-state index contributed by atoms with van der Waals surface area (Å²) in [6.45, 7) is 4.62. The van der Waals surface area contributed by atoms with Gasteiger partial charge in [-0.1, -0.05) is 35.8 Å². The van der Waals surface area contributed by atoms with Crippen LogP contribution in [0.2, 0.25) is 0 Å². The van der Waals surface area contributed by atoms with Crippen LogP contribution < -0.4 is 20.3 Å². The van der Waals surface area contributed by atoms with Crippen molar-refractivity contribution < 1.29 is 18.0 Å². The maximum Gasteiger partial charge on any atom is 0.321 e. The topological polar surface area (TPSA) is 108 Å². The van der Waals surface area contributed by atoms with Crippen LogP contribution in [0.1, 0.15) is 13.8 Å². The summed E-state index contributed by atoms with van der Waals surface area (Å²) in [5.41, 5.74) is 1.13. The van der Waals surface area contributed by atoms with Gasteiger partial charge in [0.15, 0.2) is 0 Å². The molecule has 0 saturated carbocycles. The van der Waals surface area contributed by atoms with Crippen molar-refractivity contribution >= 4 is 49.3 Å². The van der Waals surface area contributed by atoms with Crippen LogP contribution in [0.5, 0.6) is 0 Å². The molecule has 10 heteroatoms. The van der Waals surface area contributed by atoms with E-state index in [-0.39, 0.29) is 16.8 Å². The number of carbonyl (C=O) groups excluding carboxylic acids is 2. The van der Waals surface area contributed by atoms with Gasteiger partial charge in [0.25, 0.3) is 0 Å². The second-order valence-corrected chi connectivity index (χ2v) is 9.85. The molecule has 1 aliphatic rings. The molecule has 1 heterocycles. The Hall–Kier alpha value is -2.43. The lowest BCUT2D eigenvalue weighted by Gasteiger charge is -2.22. The van der Waals surface area contributed by atoms with E-state index in [0.29, 0.717) is 24.5 Å². The predicted molar refractivity (Wildman–Crippen MR) is 119 cm³/mol. The van der Waals surface area contributed by atoms with Gasteiger partial charge in [0, 0.05) is 28.9 Å². The van der Waals surface area contributed by atoms with Gasteiger partial charge >= 0.3 is 6.03 Å². The van der Waals surface area contributed by atoms with Gasteiger partial charge in [-0.25, -0.2) is 13.2 Å². The van der Waals surface area contributed by atoms with Crippen LogP contribution in [0.3, 0.4) is 0 Å². The molecule has 0 aliphatic carbocycles. The molecule has 2 aromatic carbocycles. The van der Waals surface area contributed by atoms with Crippen LogP contribution in [0.4, 0.5) is 16.2 Å². The highest BCUT2D eigenvalue weighted by Crippen LogP contribution is 2.22. The molecule has 0 aromatic heterocycles. The number of urea groups is 1. The Balaban J connectivity index is 1.76. The highest BCUT2D eigenvalue weighted by molar-refractivity contribution is 9.10. The maximum atomic E-state index is 12.9. The Morgan fingerprint density at radius 1 is 1.17 bits per heavy atom. The number of hydrogen-bond donors (Lipinski definition) is 3. The summed E-state index contributed by atoms with van der Waals surface area (Å²) in [6.07, 6.45) is 0. The Morgan fingerprint density at radius 3 is 2.47 bits per heavy atom. The molecule has 160 valence electrons. The number of rotatable bonds is 7. The largest absolute Gasteiger partial charge is 0.336 e. The summed E-state index contributed by atoms with van der Waals surface area (Å²) >= 11 is 3.27. The number of sulfonamides is 1. The second kappa shape index (κ2) is 9.15. The average molecular weight is 495 g/mol. The normalized spacial score (nSPS) is 15.2. The monoisotopic (exact) mass is 494 g/mol. The van der Waals surface area contributed by atoms with Crippen LogP contribution in [0.25, 0.3) is 0 Å². The lowest BCUT2D eigenvalue weighted by Crippen LogP contribution is -2.47. The molecule has 1 saturated heterocycles. The standard InChI is InChI=1S/C20H23BrN4O4S/c1-13(2)18(24-30(28,29)17-8-6-14(21)7-9-17)19(26)23-15-4-3-5-16(12-15)25-11-10-22-20(25)27/h3-9,12-13,18,24H,10-11H2,1-2H3,(H,22,27)(H,23,26)/t18-/m0/s1. The van der Waals surface area contributed by atoms with Gasteiger partial charge in [-0.2, -0.15) is 4.72 Å². The van der Waals surface area contributed by atoms with E-state index in [0.717, 1.165) is 4.47 Å². The van der Waals surface area contributed by atoms with Crippen LogP contribution in [-0.2, 0) is 14.8 Å². The molecule has 0 radical (unpaired) electrons. The van der Waals surface area contributed by atoms with E-state index < -0.39 is 22.0 Å². The third-order valence-electron chi connectivity index (χ3n) is 4.64. The van der Waals surface area contributed by atoms with Crippen molar-refractivity contribution in [1.29, 1.82) is 0 Å². The van der Waals surface area contributed by atoms with Gasteiger partial charge < -0.3 is 10.6 Å². The number of carbonyl (C=O) groups is 2. The van der Waals surface area contributed by atoms with Crippen LogP contribution in [0, 0.1) is 5.92 Å². The zero-order valence-electron chi connectivity index (χ0n) is 16.6. The summed E-state index contributed by atoms with van der Waals surface area (Å²) < 4.78 is 28.7. The summed E-state index contributed by atoms with van der Waals surface area (Å²) in [5, 5.41) is 5.48. The molecule has 1 atom stereocenters. The molecule has 1 aliphatic heterocycles. The fourth-order valence-corrected chi connectivity index (χ4v) is 4.64. The second-order valence-electron chi connectivity index (χ2n) is 7.22. The van der Waals surface area contributed by atoms with Gasteiger partial charge in [-0.05, 0) is 48.4 Å². The minimum absolute atomic E-state index is 0.0752. The molecule has 3 N–H and O–H groups in total. The molecule has 3 amide bonds. The fourth-order valence-electron chi connectivity index (χ4n) is 3.03. The van der Waals surface area contributed by atoms with Gasteiger partial charge in [0.05, 0.1) is 4.90 Å². The highest BCUT2D eigenvalue weighted by Gasteiger charge is 2.29. The first-order chi connectivity index (χ1) is 14.2. The summed E-state index contributed by atoms with van der Waals surface area (Å²) in [5.74, 6) is -0.767. The Morgan fingerprint density at radius 2 is 1.87 bits per heavy atom. The number of anilines is 2. The zero-order chi connectivity index (χ0) is 21.9. The van der Waals surface area contributed by atoms with E-state index in [2.05, 4.69) is 31.3 Å². The SMILES string of the molecule is CC(C)[C@H](NS(=O)(=O)c1ccc(Br)cc1)C(=O)Nc1cccc(N2CCNC2=O)c1. The van der Waals surface area contributed by atoms with E-state index >= 15 is 0 Å². The number of nitrogens with one attached hydrogen (secondary N) is 3. The van der Waals surface area contributed by atoms with E-state index in [1.807, 2.05) is 0 Å². The first kappa shape index (κ1) is 22.3. The third kappa shape index (κ3) is 5.18. The minimum atomic E-state index is -3.88. The van der Waals surface area contributed by atoms with Crippen molar-refractivity contribution in [2.45, 2.75) is 24.8 Å². The Labute approximate surface area is 184 Å². The first-order valence-corrected chi connectivity index (χ1v) is 11.7. The summed E-state index contributed by atoms with van der Waals surface area (Å²) in [4.78, 5) is 26.4. The minimum Gasteiger partial charge on any atom is -0.336 e. The van der Waals surface area contributed by atoms with Gasteiger partial charge in [0.1, 0.15) is 6.04 Å². The van der Waals surface area contributed by atoms with Crippen molar-refractivity contribution in [3.05, 3.63) is 53.0 Å². The molecular weight excluding hydrogens is 472 g/mol. The quantitative estimate of drug-likeness (QED) is 0.549. The van der Waals surface area contributed by atoms with E-state index in [4.69, 9.17) is 0 Å². The summed E-state index contributed by atoms with van der Waals surface area (Å²) in [7, 11) is -3.88. The van der Waals surface area contributed by atoms with Crippen molar-refractivity contribution in [3.63, 3.8) is 0 Å². The number of halogens is 1. The van der Waals surface area contributed by atoms with Gasteiger partial charge in [-0.3, -0.25) is 9.69 Å². The fraction of sp³-hybridized carbons (Fsp3) is 0.300. The van der Waals surface area contributed by atoms with E-state index in [9.17, 15) is 18.0 Å². The molecule has 0 bridgehead atoms. The molecule has 0 unspecified atom stereocenters.